The molecule has 1 heterocycles. The quantitative estimate of drug-likeness (QED) is 0.845. The van der Waals surface area contributed by atoms with Crippen molar-refractivity contribution in [3.63, 3.8) is 0 Å². The first-order valence-electron chi connectivity index (χ1n) is 5.14. The van der Waals surface area contributed by atoms with Gasteiger partial charge in [0.05, 0.1) is 11.1 Å². The van der Waals surface area contributed by atoms with Gasteiger partial charge < -0.3 is 10.8 Å². The van der Waals surface area contributed by atoms with E-state index in [0.29, 0.717) is 29.6 Å². The first-order valence-corrected chi connectivity index (χ1v) is 5.14. The van der Waals surface area contributed by atoms with Crippen molar-refractivity contribution >= 4 is 16.9 Å². The number of aromatic nitrogens is 1. The molecule has 1 aromatic carbocycles. The smallest absolute Gasteiger partial charge is 0.336 e. The van der Waals surface area contributed by atoms with Gasteiger partial charge in [0.25, 0.3) is 0 Å². The molecule has 2 rings (SSSR count). The molecule has 0 spiro atoms. The molecule has 88 valence electrons. The van der Waals surface area contributed by atoms with Crippen molar-refractivity contribution < 1.29 is 14.3 Å². The van der Waals surface area contributed by atoms with Crippen molar-refractivity contribution in [2.75, 3.05) is 6.54 Å². The van der Waals surface area contributed by atoms with Crippen molar-refractivity contribution in [1.29, 1.82) is 0 Å². The second-order valence-corrected chi connectivity index (χ2v) is 3.67. The molecule has 0 saturated carbocycles. The van der Waals surface area contributed by atoms with E-state index in [0.717, 1.165) is 0 Å². The number of halogens is 1. The summed E-state index contributed by atoms with van der Waals surface area (Å²) in [7, 11) is 0. The highest BCUT2D eigenvalue weighted by Crippen LogP contribution is 2.20. The maximum absolute atomic E-state index is 13.1. The van der Waals surface area contributed by atoms with Crippen molar-refractivity contribution in [2.45, 2.75) is 6.42 Å². The largest absolute Gasteiger partial charge is 0.478 e. The summed E-state index contributed by atoms with van der Waals surface area (Å²) in [4.78, 5) is 15.3. The lowest BCUT2D eigenvalue weighted by atomic mass is 10.1. The van der Waals surface area contributed by atoms with Gasteiger partial charge in [-0.1, -0.05) is 0 Å². The molecular formula is C12H11FN2O2. The Hall–Kier alpha value is -2.01. The number of nitrogens with two attached hydrogens (primary N) is 1. The normalized spacial score (nSPS) is 10.7. The number of pyridine rings is 1. The molecule has 0 aliphatic carbocycles. The van der Waals surface area contributed by atoms with Crippen LogP contribution in [-0.2, 0) is 6.42 Å². The zero-order valence-electron chi connectivity index (χ0n) is 8.98. The average molecular weight is 234 g/mol. The third-order valence-electron chi connectivity index (χ3n) is 2.46. The lowest BCUT2D eigenvalue weighted by Gasteiger charge is -2.06. The molecule has 0 atom stereocenters. The molecule has 2 aromatic rings. The van der Waals surface area contributed by atoms with Crippen LogP contribution in [0.3, 0.4) is 0 Å². The van der Waals surface area contributed by atoms with Crippen LogP contribution in [0.1, 0.15) is 16.1 Å². The molecule has 0 saturated heterocycles. The molecule has 1 aromatic heterocycles. The van der Waals surface area contributed by atoms with Crippen LogP contribution in [0.4, 0.5) is 4.39 Å². The van der Waals surface area contributed by atoms with Gasteiger partial charge in [0.15, 0.2) is 0 Å². The van der Waals surface area contributed by atoms with E-state index < -0.39 is 11.8 Å². The number of benzene rings is 1. The van der Waals surface area contributed by atoms with Gasteiger partial charge >= 0.3 is 5.97 Å². The van der Waals surface area contributed by atoms with E-state index in [1.807, 2.05) is 0 Å². The van der Waals surface area contributed by atoms with Crippen LogP contribution in [0, 0.1) is 5.82 Å². The van der Waals surface area contributed by atoms with Gasteiger partial charge in [0, 0.05) is 23.6 Å². The standard InChI is InChI=1S/C12H11FN2O2/c13-7-1-2-9-10(12(16)17)6-8(3-4-14)15-11(9)5-7/h1-2,5-6H,3-4,14H2,(H,16,17). The topological polar surface area (TPSA) is 76.2 Å². The van der Waals surface area contributed by atoms with Gasteiger partial charge in [-0.3, -0.25) is 4.98 Å². The average Bonchev–Trinajstić information content (AvgIpc) is 2.27. The van der Waals surface area contributed by atoms with Crippen molar-refractivity contribution in [2.24, 2.45) is 5.73 Å². The number of carbonyl (C=O) groups is 1. The highest BCUT2D eigenvalue weighted by atomic mass is 19.1. The Labute approximate surface area is 96.9 Å². The highest BCUT2D eigenvalue weighted by Gasteiger charge is 2.12. The van der Waals surface area contributed by atoms with Crippen LogP contribution in [0.2, 0.25) is 0 Å². The lowest BCUT2D eigenvalue weighted by Crippen LogP contribution is -2.07. The van der Waals surface area contributed by atoms with Gasteiger partial charge in [-0.25, -0.2) is 9.18 Å². The molecule has 0 amide bonds. The molecule has 0 unspecified atom stereocenters. The van der Waals surface area contributed by atoms with E-state index in [4.69, 9.17) is 10.8 Å². The Bertz CT molecular complexity index is 584. The Balaban J connectivity index is 2.71. The number of carboxylic acid groups (broad SMARTS) is 1. The van der Waals surface area contributed by atoms with Gasteiger partial charge in [0.1, 0.15) is 5.82 Å². The summed E-state index contributed by atoms with van der Waals surface area (Å²) >= 11 is 0. The van der Waals surface area contributed by atoms with Crippen molar-refractivity contribution in [1.82, 2.24) is 4.98 Å². The highest BCUT2D eigenvalue weighted by molar-refractivity contribution is 6.02. The Morgan fingerprint density at radius 3 is 2.82 bits per heavy atom. The number of aromatic carboxylic acids is 1. The van der Waals surface area contributed by atoms with E-state index >= 15 is 0 Å². The van der Waals surface area contributed by atoms with E-state index in [2.05, 4.69) is 4.98 Å². The molecule has 0 aliphatic rings. The minimum atomic E-state index is -1.05. The number of fused-ring (bicyclic) bond motifs is 1. The van der Waals surface area contributed by atoms with E-state index in [9.17, 15) is 9.18 Å². The summed E-state index contributed by atoms with van der Waals surface area (Å²) in [5, 5.41) is 9.52. The number of hydrogen-bond acceptors (Lipinski definition) is 3. The summed E-state index contributed by atoms with van der Waals surface area (Å²) in [6, 6.07) is 5.35. The van der Waals surface area contributed by atoms with E-state index in [1.165, 1.54) is 24.3 Å². The Morgan fingerprint density at radius 1 is 1.41 bits per heavy atom. The van der Waals surface area contributed by atoms with E-state index in [1.54, 1.807) is 0 Å². The number of nitrogens with zero attached hydrogens (tertiary/aromatic N) is 1. The predicted molar refractivity (Wildman–Crippen MR) is 61.4 cm³/mol. The van der Waals surface area contributed by atoms with Gasteiger partial charge in [-0.2, -0.15) is 0 Å². The second kappa shape index (κ2) is 4.47. The fraction of sp³-hybridized carbons (Fsp3) is 0.167. The van der Waals surface area contributed by atoms with Crippen molar-refractivity contribution in [3.05, 3.63) is 41.3 Å². The van der Waals surface area contributed by atoms with Gasteiger partial charge in [-0.15, -0.1) is 0 Å². The molecule has 0 fully saturated rings. The van der Waals surface area contributed by atoms with Crippen LogP contribution >= 0.6 is 0 Å². The molecule has 17 heavy (non-hydrogen) atoms. The number of hydrogen-bond donors (Lipinski definition) is 2. The maximum atomic E-state index is 13.1. The Morgan fingerprint density at radius 2 is 2.18 bits per heavy atom. The lowest BCUT2D eigenvalue weighted by molar-refractivity contribution is 0.0699. The predicted octanol–water partition coefficient (Wildman–Crippen LogP) is 1.57. The first kappa shape index (κ1) is 11.5. The fourth-order valence-electron chi connectivity index (χ4n) is 1.71. The summed E-state index contributed by atoms with van der Waals surface area (Å²) in [5.74, 6) is -1.49. The fourth-order valence-corrected chi connectivity index (χ4v) is 1.71. The molecule has 0 aliphatic heterocycles. The van der Waals surface area contributed by atoms with Gasteiger partial charge in [0.2, 0.25) is 0 Å². The number of rotatable bonds is 3. The molecule has 0 radical (unpaired) electrons. The second-order valence-electron chi connectivity index (χ2n) is 3.67. The minimum absolute atomic E-state index is 0.124. The van der Waals surface area contributed by atoms with Crippen LogP contribution in [-0.4, -0.2) is 22.6 Å². The molecule has 3 N–H and O–H groups in total. The van der Waals surface area contributed by atoms with Crippen LogP contribution in [0.25, 0.3) is 10.9 Å². The summed E-state index contributed by atoms with van der Waals surface area (Å²) < 4.78 is 13.1. The summed E-state index contributed by atoms with van der Waals surface area (Å²) in [6.07, 6.45) is 0.465. The minimum Gasteiger partial charge on any atom is -0.478 e. The van der Waals surface area contributed by atoms with E-state index in [-0.39, 0.29) is 5.56 Å². The summed E-state index contributed by atoms with van der Waals surface area (Å²) in [6.45, 7) is 0.368. The van der Waals surface area contributed by atoms with Crippen molar-refractivity contribution in [3.8, 4) is 0 Å². The molecular weight excluding hydrogens is 223 g/mol. The molecule has 5 heteroatoms. The molecule has 4 nitrogen and oxygen atoms in total. The first-order chi connectivity index (χ1) is 8.11. The third-order valence-corrected chi connectivity index (χ3v) is 2.46. The zero-order valence-corrected chi connectivity index (χ0v) is 8.98. The Kier molecular flexibility index (Phi) is 3.01. The maximum Gasteiger partial charge on any atom is 0.336 e. The summed E-state index contributed by atoms with van der Waals surface area (Å²) in [5.41, 5.74) is 6.42. The van der Waals surface area contributed by atoms with Gasteiger partial charge in [-0.05, 0) is 24.7 Å². The SMILES string of the molecule is NCCc1cc(C(=O)O)c2ccc(F)cc2n1. The molecule has 0 bridgehead atoms. The third kappa shape index (κ3) is 2.24. The monoisotopic (exact) mass is 234 g/mol. The number of carboxylic acids is 1. The zero-order chi connectivity index (χ0) is 12.4. The van der Waals surface area contributed by atoms with Crippen LogP contribution < -0.4 is 5.73 Å². The van der Waals surface area contributed by atoms with Crippen LogP contribution in [0.15, 0.2) is 24.3 Å². The van der Waals surface area contributed by atoms with Crippen LogP contribution in [0.5, 0.6) is 0 Å².